The Morgan fingerprint density at radius 3 is 2.58 bits per heavy atom. The Hall–Kier alpha value is -4.86. The molecule has 0 bridgehead atoms. The summed E-state index contributed by atoms with van der Waals surface area (Å²) < 4.78 is 15.8. The van der Waals surface area contributed by atoms with Crippen molar-refractivity contribution in [1.82, 2.24) is 10.2 Å². The van der Waals surface area contributed by atoms with Crippen LogP contribution in [0, 0.1) is 6.92 Å². The van der Waals surface area contributed by atoms with Crippen LogP contribution >= 0.6 is 0 Å². The number of ether oxygens (including phenoxy) is 2. The number of nitrogens with one attached hydrogen (secondary N) is 2. The first-order valence-electron chi connectivity index (χ1n) is 10.9. The van der Waals surface area contributed by atoms with Gasteiger partial charge < -0.3 is 24.5 Å². The van der Waals surface area contributed by atoms with Gasteiger partial charge in [0.1, 0.15) is 29.5 Å². The molecule has 2 heterocycles. The highest BCUT2D eigenvalue weighted by atomic mass is 16.5. The van der Waals surface area contributed by atoms with E-state index in [1.165, 1.54) is 20.3 Å². The minimum absolute atomic E-state index is 0.0243. The maximum Gasteiger partial charge on any atom is 0.337 e. The Balaban J connectivity index is 1.46. The van der Waals surface area contributed by atoms with Gasteiger partial charge in [-0.1, -0.05) is 18.2 Å². The third kappa shape index (κ3) is 4.97. The van der Waals surface area contributed by atoms with Crippen LogP contribution in [-0.2, 0) is 14.3 Å². The van der Waals surface area contributed by atoms with E-state index in [-0.39, 0.29) is 5.70 Å². The Morgan fingerprint density at radius 2 is 1.86 bits per heavy atom. The largest absolute Gasteiger partial charge is 0.495 e. The number of urea groups is 1. The van der Waals surface area contributed by atoms with Crippen molar-refractivity contribution >= 4 is 35.6 Å². The number of anilines is 1. The van der Waals surface area contributed by atoms with Gasteiger partial charge in [-0.25, -0.2) is 14.5 Å². The molecule has 0 saturated carbocycles. The predicted molar refractivity (Wildman–Crippen MR) is 130 cm³/mol. The van der Waals surface area contributed by atoms with E-state index in [0.29, 0.717) is 28.5 Å². The lowest BCUT2D eigenvalue weighted by Gasteiger charge is -2.13. The molecule has 0 atom stereocenters. The van der Waals surface area contributed by atoms with Crippen molar-refractivity contribution in [3.05, 3.63) is 77.2 Å². The number of imide groups is 1. The molecule has 0 unspecified atom stereocenters. The molecule has 4 amide bonds. The highest BCUT2D eigenvalue weighted by Gasteiger charge is 2.35. The second-order valence-electron chi connectivity index (χ2n) is 7.85. The molecular weight excluding hydrogens is 466 g/mol. The lowest BCUT2D eigenvalue weighted by atomic mass is 10.0. The number of hydrogen-bond acceptors (Lipinski definition) is 7. The molecule has 1 saturated heterocycles. The number of carbonyl (C=O) groups excluding carboxylic acids is 4. The lowest BCUT2D eigenvalue weighted by Crippen LogP contribution is -2.38. The maximum absolute atomic E-state index is 12.8. The summed E-state index contributed by atoms with van der Waals surface area (Å²) in [4.78, 5) is 50.1. The van der Waals surface area contributed by atoms with Crippen molar-refractivity contribution in [2.24, 2.45) is 0 Å². The third-order valence-corrected chi connectivity index (χ3v) is 5.47. The number of esters is 1. The number of aryl methyl sites for hydroxylation is 1. The number of nitrogens with zero attached hydrogens (tertiary/aromatic N) is 1. The molecule has 0 aliphatic carbocycles. The third-order valence-electron chi connectivity index (χ3n) is 5.47. The first kappa shape index (κ1) is 24.3. The van der Waals surface area contributed by atoms with E-state index < -0.39 is 30.4 Å². The molecule has 184 valence electrons. The Morgan fingerprint density at radius 1 is 1.08 bits per heavy atom. The summed E-state index contributed by atoms with van der Waals surface area (Å²) in [5.41, 5.74) is 2.36. The average molecular weight is 489 g/mol. The quantitative estimate of drug-likeness (QED) is 0.295. The van der Waals surface area contributed by atoms with Crippen LogP contribution in [0.25, 0.3) is 17.4 Å². The van der Waals surface area contributed by atoms with Gasteiger partial charge in [0.15, 0.2) is 0 Å². The second kappa shape index (κ2) is 10.2. The summed E-state index contributed by atoms with van der Waals surface area (Å²) in [7, 11) is 2.78. The molecule has 10 heteroatoms. The Bertz CT molecular complexity index is 1390. The van der Waals surface area contributed by atoms with Crippen LogP contribution in [0.5, 0.6) is 5.75 Å². The van der Waals surface area contributed by atoms with E-state index in [4.69, 9.17) is 13.9 Å². The van der Waals surface area contributed by atoms with Crippen molar-refractivity contribution in [2.75, 3.05) is 26.1 Å². The Labute approximate surface area is 206 Å². The molecule has 1 fully saturated rings. The molecule has 0 spiro atoms. The molecule has 1 aliphatic rings. The number of para-hydroxylation sites is 2. The van der Waals surface area contributed by atoms with Gasteiger partial charge in [0, 0.05) is 11.6 Å². The van der Waals surface area contributed by atoms with Gasteiger partial charge in [0.25, 0.3) is 5.91 Å². The molecule has 1 aromatic heterocycles. The summed E-state index contributed by atoms with van der Waals surface area (Å²) in [5.74, 6) is -0.369. The average Bonchev–Trinajstić information content (AvgIpc) is 3.43. The minimum atomic E-state index is -0.720. The van der Waals surface area contributed by atoms with Crippen molar-refractivity contribution in [2.45, 2.75) is 6.92 Å². The molecule has 2 N–H and O–H groups in total. The lowest BCUT2D eigenvalue weighted by molar-refractivity contribution is -0.127. The first-order chi connectivity index (χ1) is 17.3. The highest BCUT2D eigenvalue weighted by molar-refractivity contribution is 6.15. The monoisotopic (exact) mass is 489 g/mol. The van der Waals surface area contributed by atoms with Crippen LogP contribution in [0.15, 0.2) is 64.7 Å². The zero-order chi connectivity index (χ0) is 25.8. The summed E-state index contributed by atoms with van der Waals surface area (Å²) >= 11 is 0. The van der Waals surface area contributed by atoms with Crippen molar-refractivity contribution in [3.8, 4) is 17.1 Å². The number of methoxy groups -OCH3 is 2. The van der Waals surface area contributed by atoms with Gasteiger partial charge in [0.2, 0.25) is 5.91 Å². The van der Waals surface area contributed by atoms with Gasteiger partial charge in [-0.2, -0.15) is 0 Å². The number of hydrogen-bond donors (Lipinski definition) is 2. The van der Waals surface area contributed by atoms with Gasteiger partial charge in [-0.3, -0.25) is 9.59 Å². The van der Waals surface area contributed by atoms with Gasteiger partial charge in [0.05, 0.1) is 25.5 Å². The van der Waals surface area contributed by atoms with Crippen LogP contribution in [0.2, 0.25) is 0 Å². The summed E-state index contributed by atoms with van der Waals surface area (Å²) in [6.45, 7) is 1.35. The van der Waals surface area contributed by atoms with Gasteiger partial charge >= 0.3 is 12.0 Å². The molecule has 3 aromatic rings. The molecule has 0 radical (unpaired) electrons. The number of amides is 4. The predicted octanol–water partition coefficient (Wildman–Crippen LogP) is 3.58. The van der Waals surface area contributed by atoms with Crippen LogP contribution in [0.3, 0.4) is 0 Å². The van der Waals surface area contributed by atoms with E-state index >= 15 is 0 Å². The highest BCUT2D eigenvalue weighted by Crippen LogP contribution is 2.28. The molecule has 4 rings (SSSR count). The van der Waals surface area contributed by atoms with Gasteiger partial charge in [-0.05, 0) is 48.9 Å². The fourth-order valence-corrected chi connectivity index (χ4v) is 3.70. The SMILES string of the molecule is COC(=O)c1ccc(-c2ccc(/C=C3/NC(=O)N(CC(=O)Nc4ccccc4OC)C3=O)o2)c(C)c1. The molecule has 2 aromatic carbocycles. The van der Waals surface area contributed by atoms with Crippen LogP contribution in [0.1, 0.15) is 21.7 Å². The second-order valence-corrected chi connectivity index (χ2v) is 7.85. The zero-order valence-corrected chi connectivity index (χ0v) is 19.8. The van der Waals surface area contributed by atoms with Crippen LogP contribution in [-0.4, -0.2) is 49.5 Å². The van der Waals surface area contributed by atoms with E-state index in [1.54, 1.807) is 54.6 Å². The number of rotatable bonds is 7. The normalized spacial score (nSPS) is 14.1. The maximum atomic E-state index is 12.8. The fourth-order valence-electron chi connectivity index (χ4n) is 3.70. The smallest absolute Gasteiger partial charge is 0.337 e. The standard InChI is InChI=1S/C26H23N3O7/c1-15-12-16(25(32)35-3)8-10-18(15)21-11-9-17(36-21)13-20-24(31)29(26(33)28-20)14-23(30)27-19-6-4-5-7-22(19)34-2/h4-13H,14H2,1-3H3,(H,27,30)(H,28,33)/b20-13+. The van der Waals surface area contributed by atoms with E-state index in [1.807, 2.05) is 6.92 Å². The molecule has 1 aliphatic heterocycles. The van der Waals surface area contributed by atoms with E-state index in [0.717, 1.165) is 16.0 Å². The Kier molecular flexibility index (Phi) is 6.86. The number of carbonyl (C=O) groups is 4. The summed E-state index contributed by atoms with van der Waals surface area (Å²) in [6.07, 6.45) is 1.39. The molecule has 36 heavy (non-hydrogen) atoms. The molecule has 10 nitrogen and oxygen atoms in total. The van der Waals surface area contributed by atoms with Gasteiger partial charge in [-0.15, -0.1) is 0 Å². The number of furan rings is 1. The summed E-state index contributed by atoms with van der Waals surface area (Å²) in [5, 5.41) is 5.09. The number of benzene rings is 2. The topological polar surface area (TPSA) is 127 Å². The van der Waals surface area contributed by atoms with Crippen molar-refractivity contribution < 1.29 is 33.1 Å². The van der Waals surface area contributed by atoms with Crippen molar-refractivity contribution in [1.29, 1.82) is 0 Å². The fraction of sp³-hybridized carbons (Fsp3) is 0.154. The van der Waals surface area contributed by atoms with Crippen LogP contribution in [0.4, 0.5) is 10.5 Å². The minimum Gasteiger partial charge on any atom is -0.495 e. The van der Waals surface area contributed by atoms with E-state index in [9.17, 15) is 19.2 Å². The van der Waals surface area contributed by atoms with E-state index in [2.05, 4.69) is 10.6 Å². The zero-order valence-electron chi connectivity index (χ0n) is 19.8. The molecular formula is C26H23N3O7. The van der Waals surface area contributed by atoms with Crippen molar-refractivity contribution in [3.63, 3.8) is 0 Å². The first-order valence-corrected chi connectivity index (χ1v) is 10.9. The van der Waals surface area contributed by atoms with Crippen LogP contribution < -0.4 is 15.4 Å². The summed E-state index contributed by atoms with van der Waals surface area (Å²) in [6, 6.07) is 14.5.